The number of aliphatic carboxylic acids is 1. The number of carboxylic acids is 1. The molecule has 1 heterocycles. The third kappa shape index (κ3) is 4.45. The number of hydrogen-bond donors (Lipinski definition) is 1. The smallest absolute Gasteiger partial charge is 0.323 e. The number of hydrogen-bond acceptors (Lipinski definition) is 3. The van der Waals surface area contributed by atoms with Gasteiger partial charge in [-0.3, -0.25) is 4.79 Å². The molecule has 0 aliphatic rings. The van der Waals surface area contributed by atoms with Crippen LogP contribution < -0.4 is 4.90 Å². The van der Waals surface area contributed by atoms with Gasteiger partial charge in [0.15, 0.2) is 0 Å². The summed E-state index contributed by atoms with van der Waals surface area (Å²) < 4.78 is 0. The number of aryl methyl sites for hydroxylation is 2. The zero-order valence-corrected chi connectivity index (χ0v) is 16.2. The average Bonchev–Trinajstić information content (AvgIpc) is 2.64. The summed E-state index contributed by atoms with van der Waals surface area (Å²) in [7, 11) is 1.76. The number of benzene rings is 2. The van der Waals surface area contributed by atoms with Crippen molar-refractivity contribution in [2.24, 2.45) is 0 Å². The maximum absolute atomic E-state index is 11.1. The van der Waals surface area contributed by atoms with Crippen molar-refractivity contribution in [2.75, 3.05) is 18.5 Å². The van der Waals surface area contributed by atoms with E-state index in [2.05, 4.69) is 56.3 Å². The van der Waals surface area contributed by atoms with Crippen LogP contribution in [0.2, 0.25) is 0 Å². The lowest BCUT2D eigenvalue weighted by molar-refractivity contribution is -0.135. The van der Waals surface area contributed by atoms with Gasteiger partial charge in [-0.2, -0.15) is 0 Å². The van der Waals surface area contributed by atoms with Gasteiger partial charge >= 0.3 is 5.97 Å². The number of fused-ring (bicyclic) bond motifs is 1. The van der Waals surface area contributed by atoms with Crippen molar-refractivity contribution in [2.45, 2.75) is 33.1 Å². The van der Waals surface area contributed by atoms with Crippen molar-refractivity contribution in [3.8, 4) is 11.1 Å². The predicted molar refractivity (Wildman–Crippen MR) is 111 cm³/mol. The van der Waals surface area contributed by atoms with Crippen molar-refractivity contribution in [1.82, 2.24) is 4.98 Å². The Morgan fingerprint density at radius 2 is 1.96 bits per heavy atom. The largest absolute Gasteiger partial charge is 0.480 e. The third-order valence-corrected chi connectivity index (χ3v) is 4.77. The molecule has 0 spiro atoms. The SMILES string of the molecule is CCCCc1ccc2nc(N(C)CC(=O)O)cc(-c3cccc(C)c3)c2c1. The van der Waals surface area contributed by atoms with E-state index in [9.17, 15) is 4.79 Å². The van der Waals surface area contributed by atoms with Gasteiger partial charge < -0.3 is 10.0 Å². The fraction of sp³-hybridized carbons (Fsp3) is 0.304. The summed E-state index contributed by atoms with van der Waals surface area (Å²) in [5.74, 6) is -0.200. The molecular formula is C23H26N2O2. The molecule has 0 saturated heterocycles. The zero-order valence-electron chi connectivity index (χ0n) is 16.2. The van der Waals surface area contributed by atoms with Gasteiger partial charge in [-0.05, 0) is 54.7 Å². The van der Waals surface area contributed by atoms with Gasteiger partial charge in [0.1, 0.15) is 12.4 Å². The second kappa shape index (κ2) is 8.21. The fourth-order valence-corrected chi connectivity index (χ4v) is 3.33. The first-order valence-corrected chi connectivity index (χ1v) is 9.41. The van der Waals surface area contributed by atoms with Crippen LogP contribution in [0.15, 0.2) is 48.5 Å². The summed E-state index contributed by atoms with van der Waals surface area (Å²) in [6, 6.07) is 16.8. The lowest BCUT2D eigenvalue weighted by Gasteiger charge is -2.19. The number of rotatable bonds is 7. The molecule has 4 nitrogen and oxygen atoms in total. The normalized spacial score (nSPS) is 10.9. The lowest BCUT2D eigenvalue weighted by Crippen LogP contribution is -2.26. The van der Waals surface area contributed by atoms with Gasteiger partial charge in [-0.1, -0.05) is 49.2 Å². The molecule has 3 aromatic rings. The molecule has 2 aromatic carbocycles. The molecule has 1 N–H and O–H groups in total. The highest BCUT2D eigenvalue weighted by Gasteiger charge is 2.13. The van der Waals surface area contributed by atoms with E-state index >= 15 is 0 Å². The van der Waals surface area contributed by atoms with E-state index in [4.69, 9.17) is 10.1 Å². The number of pyridine rings is 1. The molecule has 1 aromatic heterocycles. The van der Waals surface area contributed by atoms with Crippen molar-refractivity contribution in [1.29, 1.82) is 0 Å². The van der Waals surface area contributed by atoms with Gasteiger partial charge in [-0.15, -0.1) is 0 Å². The van der Waals surface area contributed by atoms with Crippen LogP contribution in [0.5, 0.6) is 0 Å². The molecule has 0 fully saturated rings. The van der Waals surface area contributed by atoms with Crippen LogP contribution in [0.25, 0.3) is 22.0 Å². The number of aromatic nitrogens is 1. The van der Waals surface area contributed by atoms with Crippen LogP contribution in [-0.2, 0) is 11.2 Å². The van der Waals surface area contributed by atoms with Crippen LogP contribution in [0.1, 0.15) is 30.9 Å². The van der Waals surface area contributed by atoms with Crippen molar-refractivity contribution in [3.63, 3.8) is 0 Å². The number of unbranched alkanes of at least 4 members (excludes halogenated alkanes) is 1. The summed E-state index contributed by atoms with van der Waals surface area (Å²) in [4.78, 5) is 17.5. The number of nitrogens with zero attached hydrogens (tertiary/aromatic N) is 2. The van der Waals surface area contributed by atoms with E-state index in [1.807, 2.05) is 6.07 Å². The van der Waals surface area contributed by atoms with Crippen molar-refractivity contribution >= 4 is 22.7 Å². The Bertz CT molecular complexity index is 966. The minimum Gasteiger partial charge on any atom is -0.480 e. The predicted octanol–water partition coefficient (Wildman–Crippen LogP) is 5.07. The van der Waals surface area contributed by atoms with E-state index in [-0.39, 0.29) is 6.54 Å². The summed E-state index contributed by atoms with van der Waals surface area (Å²) in [5, 5.41) is 10.2. The van der Waals surface area contributed by atoms with Crippen molar-refractivity contribution in [3.05, 3.63) is 59.7 Å². The minimum absolute atomic E-state index is 0.0830. The highest BCUT2D eigenvalue weighted by molar-refractivity contribution is 5.96. The van der Waals surface area contributed by atoms with E-state index in [0.717, 1.165) is 34.9 Å². The summed E-state index contributed by atoms with van der Waals surface area (Å²) >= 11 is 0. The maximum Gasteiger partial charge on any atom is 0.323 e. The second-order valence-corrected chi connectivity index (χ2v) is 7.10. The molecule has 0 aliphatic carbocycles. The summed E-state index contributed by atoms with van der Waals surface area (Å²) in [6.45, 7) is 4.20. The second-order valence-electron chi connectivity index (χ2n) is 7.10. The Morgan fingerprint density at radius 3 is 2.67 bits per heavy atom. The van der Waals surface area contributed by atoms with Crippen LogP contribution in [0, 0.1) is 6.92 Å². The number of carbonyl (C=O) groups is 1. The summed E-state index contributed by atoms with van der Waals surface area (Å²) in [5.41, 5.74) is 5.61. The molecule has 0 saturated carbocycles. The molecule has 140 valence electrons. The van der Waals surface area contributed by atoms with Crippen LogP contribution in [-0.4, -0.2) is 29.7 Å². The third-order valence-electron chi connectivity index (χ3n) is 4.77. The minimum atomic E-state index is -0.869. The Morgan fingerprint density at radius 1 is 1.15 bits per heavy atom. The number of carboxylic acid groups (broad SMARTS) is 1. The van der Waals surface area contributed by atoms with Crippen LogP contribution in [0.4, 0.5) is 5.82 Å². The molecule has 0 atom stereocenters. The first-order valence-electron chi connectivity index (χ1n) is 9.41. The summed E-state index contributed by atoms with van der Waals surface area (Å²) in [6.07, 6.45) is 3.39. The molecule has 0 unspecified atom stereocenters. The molecule has 0 aliphatic heterocycles. The van der Waals surface area contributed by atoms with Gasteiger partial charge in [0.25, 0.3) is 0 Å². The first-order chi connectivity index (χ1) is 13.0. The topological polar surface area (TPSA) is 53.4 Å². The van der Waals surface area contributed by atoms with Crippen LogP contribution >= 0.6 is 0 Å². The monoisotopic (exact) mass is 362 g/mol. The van der Waals surface area contributed by atoms with Gasteiger partial charge in [0, 0.05) is 12.4 Å². The number of likely N-dealkylation sites (N-methyl/N-ethyl adjacent to an activating group) is 1. The zero-order chi connectivity index (χ0) is 19.4. The van der Waals surface area contributed by atoms with Crippen molar-refractivity contribution < 1.29 is 9.90 Å². The standard InChI is InChI=1S/C23H26N2O2/c1-4-5-8-17-10-11-21-20(13-17)19(18-9-6-7-16(2)12-18)14-22(24-21)25(3)15-23(26)27/h6-7,9-14H,4-5,8,15H2,1-3H3,(H,26,27). The Labute approximate surface area is 160 Å². The Hall–Kier alpha value is -2.88. The van der Waals surface area contributed by atoms with Gasteiger partial charge in [0.05, 0.1) is 5.52 Å². The first kappa shape index (κ1) is 18.9. The molecule has 0 bridgehead atoms. The number of anilines is 1. The van der Waals surface area contributed by atoms with E-state index in [1.54, 1.807) is 11.9 Å². The van der Waals surface area contributed by atoms with E-state index < -0.39 is 5.97 Å². The maximum atomic E-state index is 11.1. The van der Waals surface area contributed by atoms with Crippen LogP contribution in [0.3, 0.4) is 0 Å². The molecular weight excluding hydrogens is 336 g/mol. The molecule has 3 rings (SSSR count). The molecule has 0 radical (unpaired) electrons. The molecule has 4 heteroatoms. The quantitative estimate of drug-likeness (QED) is 0.637. The molecule has 0 amide bonds. The van der Waals surface area contributed by atoms with E-state index in [1.165, 1.54) is 17.5 Å². The highest BCUT2D eigenvalue weighted by atomic mass is 16.4. The van der Waals surface area contributed by atoms with E-state index in [0.29, 0.717) is 5.82 Å². The molecule has 27 heavy (non-hydrogen) atoms. The lowest BCUT2D eigenvalue weighted by atomic mass is 9.97. The highest BCUT2D eigenvalue weighted by Crippen LogP contribution is 2.32. The average molecular weight is 362 g/mol. The fourth-order valence-electron chi connectivity index (χ4n) is 3.33. The Balaban J connectivity index is 2.17. The Kier molecular flexibility index (Phi) is 5.75. The van der Waals surface area contributed by atoms with Gasteiger partial charge in [0.2, 0.25) is 0 Å². The van der Waals surface area contributed by atoms with Gasteiger partial charge in [-0.25, -0.2) is 4.98 Å².